The zero-order chi connectivity index (χ0) is 25.6. The fourth-order valence-electron chi connectivity index (χ4n) is 5.62. The van der Waals surface area contributed by atoms with E-state index in [1.54, 1.807) is 6.07 Å². The molecule has 0 spiro atoms. The number of alkyl halides is 3. The first kappa shape index (κ1) is 26.2. The molecule has 34 heavy (non-hydrogen) atoms. The highest BCUT2D eigenvalue weighted by Gasteiger charge is 2.48. The Morgan fingerprint density at radius 1 is 0.912 bits per heavy atom. The van der Waals surface area contributed by atoms with Gasteiger partial charge in [0.05, 0.1) is 11.1 Å². The largest absolute Gasteiger partial charge is 0.542 e. The summed E-state index contributed by atoms with van der Waals surface area (Å²) in [5.41, 5.74) is 10.2. The van der Waals surface area contributed by atoms with Gasteiger partial charge in [0, 0.05) is 23.3 Å². The molecule has 0 amide bonds. The lowest BCUT2D eigenvalue weighted by Crippen LogP contribution is -2.51. The molecule has 3 nitrogen and oxygen atoms in total. The van der Waals surface area contributed by atoms with E-state index in [1.165, 1.54) is 12.1 Å². The fraction of sp³-hybridized carbons (Fsp3) is 0.481. The Balaban J connectivity index is 2.11. The van der Waals surface area contributed by atoms with E-state index in [2.05, 4.69) is 41.5 Å². The summed E-state index contributed by atoms with van der Waals surface area (Å²) >= 11 is 0. The van der Waals surface area contributed by atoms with Crippen LogP contribution in [-0.2, 0) is 12.7 Å². The highest BCUT2D eigenvalue weighted by molar-refractivity contribution is 6.78. The van der Waals surface area contributed by atoms with Crippen molar-refractivity contribution in [3.8, 4) is 5.75 Å². The zero-order valence-electron chi connectivity index (χ0n) is 21.5. The lowest BCUT2D eigenvalue weighted by Gasteiger charge is -2.42. The van der Waals surface area contributed by atoms with Crippen LogP contribution in [0.4, 0.5) is 18.9 Å². The molecule has 186 valence electrons. The summed E-state index contributed by atoms with van der Waals surface area (Å²) < 4.78 is 51.2. The molecule has 0 saturated carbocycles. The van der Waals surface area contributed by atoms with Gasteiger partial charge in [0.15, 0.2) is 0 Å². The van der Waals surface area contributed by atoms with Crippen LogP contribution in [0.25, 0.3) is 10.9 Å². The summed E-state index contributed by atoms with van der Waals surface area (Å²) in [7, 11) is -2.54. The number of anilines is 1. The molecule has 3 rings (SSSR count). The van der Waals surface area contributed by atoms with Gasteiger partial charge < -0.3 is 14.7 Å². The molecule has 0 fully saturated rings. The first-order valence-corrected chi connectivity index (χ1v) is 14.1. The summed E-state index contributed by atoms with van der Waals surface area (Å²) in [6.45, 7) is 16.7. The highest BCUT2D eigenvalue weighted by Crippen LogP contribution is 2.46. The average molecular weight is 491 g/mol. The number of aryl methyl sites for hydroxylation is 2. The van der Waals surface area contributed by atoms with Crippen molar-refractivity contribution in [2.24, 2.45) is 0 Å². The second kappa shape index (κ2) is 9.32. The SMILES string of the molecule is Cc1ccc(N)c2cc(C)n(Cc3ccc(O[Si](C(C)C)(C(C)C)C(C)C)c(C(F)(F)F)c3)c12. The Bertz CT molecular complexity index is 1160. The highest BCUT2D eigenvalue weighted by atomic mass is 28.4. The third-order valence-electron chi connectivity index (χ3n) is 7.19. The molecule has 7 heteroatoms. The minimum Gasteiger partial charge on any atom is -0.542 e. The predicted molar refractivity (Wildman–Crippen MR) is 138 cm³/mol. The topological polar surface area (TPSA) is 40.2 Å². The Kier molecular flexibility index (Phi) is 7.18. The van der Waals surface area contributed by atoms with Crippen molar-refractivity contribution in [2.45, 2.75) is 84.7 Å². The molecular weight excluding hydrogens is 453 g/mol. The number of benzene rings is 2. The Hall–Kier alpha value is -2.41. The van der Waals surface area contributed by atoms with E-state index in [0.717, 1.165) is 22.2 Å². The minimum absolute atomic E-state index is 0.0477. The second-order valence-corrected chi connectivity index (χ2v) is 15.7. The standard InChI is InChI=1S/C27H37F3N2OSi/c1-16(2)34(17(3)4,18(5)6)33-25-12-10-21(14-23(25)27(28,29)30)15-32-20(8)13-22-24(31)11-9-19(7)26(22)32/h9-14,16-18H,15,31H2,1-8H3. The van der Waals surface area contributed by atoms with Gasteiger partial charge in [-0.05, 0) is 65.9 Å². The van der Waals surface area contributed by atoms with E-state index < -0.39 is 20.1 Å². The van der Waals surface area contributed by atoms with Crippen LogP contribution in [0.1, 0.15) is 63.9 Å². The van der Waals surface area contributed by atoms with Crippen molar-refractivity contribution in [3.63, 3.8) is 0 Å². The van der Waals surface area contributed by atoms with Crippen LogP contribution in [-0.4, -0.2) is 12.9 Å². The van der Waals surface area contributed by atoms with Crippen LogP contribution >= 0.6 is 0 Å². The predicted octanol–water partition coefficient (Wildman–Crippen LogP) is 8.46. The lowest BCUT2D eigenvalue weighted by atomic mass is 10.1. The van der Waals surface area contributed by atoms with Crippen LogP contribution in [0.15, 0.2) is 36.4 Å². The normalized spacial score (nSPS) is 13.0. The summed E-state index contributed by atoms with van der Waals surface area (Å²) in [5.74, 6) is -0.0477. The third-order valence-corrected chi connectivity index (χ3v) is 13.2. The van der Waals surface area contributed by atoms with Crippen molar-refractivity contribution in [1.82, 2.24) is 4.57 Å². The van der Waals surface area contributed by atoms with Crippen LogP contribution in [0.3, 0.4) is 0 Å². The number of aromatic nitrogens is 1. The first-order chi connectivity index (χ1) is 15.7. The van der Waals surface area contributed by atoms with E-state index in [9.17, 15) is 13.2 Å². The van der Waals surface area contributed by atoms with Gasteiger partial charge in [0.1, 0.15) is 5.75 Å². The van der Waals surface area contributed by atoms with Gasteiger partial charge in [0.2, 0.25) is 0 Å². The molecule has 0 bridgehead atoms. The van der Waals surface area contributed by atoms with Crippen molar-refractivity contribution >= 4 is 24.9 Å². The molecule has 0 aliphatic heterocycles. The van der Waals surface area contributed by atoms with Crippen molar-refractivity contribution in [2.75, 3.05) is 5.73 Å². The number of halogens is 3. The first-order valence-electron chi connectivity index (χ1n) is 11.9. The molecule has 1 heterocycles. The maximum Gasteiger partial charge on any atom is 0.419 e. The van der Waals surface area contributed by atoms with Crippen molar-refractivity contribution in [3.05, 3.63) is 58.8 Å². The van der Waals surface area contributed by atoms with Gasteiger partial charge in [-0.25, -0.2) is 0 Å². The van der Waals surface area contributed by atoms with E-state index in [0.29, 0.717) is 17.8 Å². The van der Waals surface area contributed by atoms with E-state index in [1.807, 2.05) is 36.6 Å². The Morgan fingerprint density at radius 3 is 2.03 bits per heavy atom. The third kappa shape index (κ3) is 4.59. The Morgan fingerprint density at radius 2 is 1.50 bits per heavy atom. The maximum absolute atomic E-state index is 14.2. The van der Waals surface area contributed by atoms with Gasteiger partial charge in [-0.15, -0.1) is 0 Å². The minimum atomic E-state index is -4.51. The number of nitrogens with zero attached hydrogens (tertiary/aromatic N) is 1. The number of hydrogen-bond donors (Lipinski definition) is 1. The van der Waals surface area contributed by atoms with E-state index >= 15 is 0 Å². The smallest absolute Gasteiger partial charge is 0.419 e. The van der Waals surface area contributed by atoms with Crippen molar-refractivity contribution in [1.29, 1.82) is 0 Å². The molecule has 1 aromatic heterocycles. The number of rotatable bonds is 7. The number of hydrogen-bond acceptors (Lipinski definition) is 2. The molecule has 2 N–H and O–H groups in total. The van der Waals surface area contributed by atoms with Gasteiger partial charge in [-0.3, -0.25) is 0 Å². The number of nitrogen functional groups attached to an aromatic ring is 1. The fourth-order valence-corrected chi connectivity index (χ4v) is 10.9. The van der Waals surface area contributed by atoms with Gasteiger partial charge >= 0.3 is 6.18 Å². The molecular formula is C27H37F3N2OSi. The van der Waals surface area contributed by atoms with Gasteiger partial charge in [0.25, 0.3) is 8.32 Å². The molecule has 0 saturated heterocycles. The zero-order valence-corrected chi connectivity index (χ0v) is 22.5. The maximum atomic E-state index is 14.2. The molecule has 3 aromatic rings. The Labute approximate surface area is 202 Å². The van der Waals surface area contributed by atoms with Crippen LogP contribution < -0.4 is 10.2 Å². The van der Waals surface area contributed by atoms with E-state index in [4.69, 9.17) is 10.2 Å². The van der Waals surface area contributed by atoms with Crippen LogP contribution in [0, 0.1) is 13.8 Å². The molecule has 0 aliphatic carbocycles. The second-order valence-electron chi connectivity index (χ2n) is 10.4. The monoisotopic (exact) mass is 490 g/mol. The van der Waals surface area contributed by atoms with E-state index in [-0.39, 0.29) is 22.4 Å². The summed E-state index contributed by atoms with van der Waals surface area (Å²) in [4.78, 5) is 0. The lowest BCUT2D eigenvalue weighted by molar-refractivity contribution is -0.138. The molecule has 0 atom stereocenters. The summed E-state index contributed by atoms with van der Waals surface area (Å²) in [5, 5.41) is 0.926. The molecule has 2 aromatic carbocycles. The molecule has 0 radical (unpaired) electrons. The average Bonchev–Trinajstić information content (AvgIpc) is 3.05. The molecule has 0 unspecified atom stereocenters. The molecule has 0 aliphatic rings. The van der Waals surface area contributed by atoms with Gasteiger partial charge in [-0.2, -0.15) is 13.2 Å². The van der Waals surface area contributed by atoms with Gasteiger partial charge in [-0.1, -0.05) is 53.7 Å². The summed E-state index contributed by atoms with van der Waals surface area (Å²) in [6.07, 6.45) is -4.51. The summed E-state index contributed by atoms with van der Waals surface area (Å²) in [6, 6.07) is 10.3. The number of fused-ring (bicyclic) bond motifs is 1. The van der Waals surface area contributed by atoms with Crippen LogP contribution in [0.5, 0.6) is 5.75 Å². The van der Waals surface area contributed by atoms with Crippen LogP contribution in [0.2, 0.25) is 16.6 Å². The van der Waals surface area contributed by atoms with Crippen molar-refractivity contribution < 1.29 is 17.6 Å². The quantitative estimate of drug-likeness (QED) is 0.266. The number of nitrogens with two attached hydrogens (primary N) is 1.